The van der Waals surface area contributed by atoms with Crippen molar-refractivity contribution < 1.29 is 19.9 Å². The second-order valence-corrected chi connectivity index (χ2v) is 4.12. The van der Waals surface area contributed by atoms with Gasteiger partial charge < -0.3 is 15.0 Å². The zero-order chi connectivity index (χ0) is 14.7. The summed E-state index contributed by atoms with van der Waals surface area (Å²) in [5, 5.41) is 30.8. The maximum absolute atomic E-state index is 10.9. The summed E-state index contributed by atoms with van der Waals surface area (Å²) in [6.07, 6.45) is -1.71. The molecule has 0 fully saturated rings. The van der Waals surface area contributed by atoms with Gasteiger partial charge in [0.05, 0.1) is 16.5 Å². The second-order valence-electron chi connectivity index (χ2n) is 4.12. The minimum Gasteiger partial charge on any atom is -0.547 e. The number of hydrogen-bond donors (Lipinski definition) is 1. The first-order chi connectivity index (χ1) is 9.50. The van der Waals surface area contributed by atoms with Crippen LogP contribution in [-0.4, -0.2) is 16.0 Å². The van der Waals surface area contributed by atoms with Crippen molar-refractivity contribution in [3.05, 3.63) is 64.2 Å². The van der Waals surface area contributed by atoms with Gasteiger partial charge in [0.2, 0.25) is 0 Å². The Morgan fingerprint density at radius 3 is 2.25 bits per heavy atom. The van der Waals surface area contributed by atoms with Gasteiger partial charge in [-0.05, 0) is 17.2 Å². The standard InChI is InChI=1S/C14H11NO5/c16-13(14(17)18)10-7-5-9(6-8-10)11-3-1-2-4-12(11)15(19)20/h1-8,13,16H,(H,17,18)/p-1. The van der Waals surface area contributed by atoms with E-state index in [1.165, 1.54) is 30.3 Å². The van der Waals surface area contributed by atoms with Gasteiger partial charge in [-0.25, -0.2) is 0 Å². The Balaban J connectivity index is 2.41. The number of carbonyl (C=O) groups excluding carboxylic acids is 1. The van der Waals surface area contributed by atoms with Gasteiger partial charge in [0.15, 0.2) is 0 Å². The topological polar surface area (TPSA) is 104 Å². The predicted octanol–water partition coefficient (Wildman–Crippen LogP) is 1.05. The molecule has 2 aromatic carbocycles. The maximum Gasteiger partial charge on any atom is 0.277 e. The highest BCUT2D eigenvalue weighted by atomic mass is 16.6. The van der Waals surface area contributed by atoms with Crippen LogP contribution >= 0.6 is 0 Å². The number of para-hydroxylation sites is 1. The highest BCUT2D eigenvalue weighted by Gasteiger charge is 2.15. The molecule has 102 valence electrons. The van der Waals surface area contributed by atoms with E-state index in [-0.39, 0.29) is 11.3 Å². The lowest BCUT2D eigenvalue weighted by Crippen LogP contribution is -2.29. The van der Waals surface area contributed by atoms with Crippen LogP contribution in [0, 0.1) is 10.1 Å². The lowest BCUT2D eigenvalue weighted by Gasteiger charge is -2.12. The van der Waals surface area contributed by atoms with E-state index in [0.717, 1.165) is 0 Å². The number of rotatable bonds is 4. The number of carboxylic acid groups (broad SMARTS) is 1. The molecule has 6 nitrogen and oxygen atoms in total. The Kier molecular flexibility index (Phi) is 3.76. The van der Waals surface area contributed by atoms with Crippen LogP contribution in [0.1, 0.15) is 11.7 Å². The molecule has 0 amide bonds. The van der Waals surface area contributed by atoms with Gasteiger partial charge in [0.1, 0.15) is 6.10 Å². The molecule has 0 aliphatic carbocycles. The lowest BCUT2D eigenvalue weighted by atomic mass is 10.0. The molecule has 0 saturated heterocycles. The quantitative estimate of drug-likeness (QED) is 0.661. The number of hydrogen-bond acceptors (Lipinski definition) is 5. The Morgan fingerprint density at radius 2 is 1.70 bits per heavy atom. The number of nitrogens with zero attached hydrogens (tertiary/aromatic N) is 1. The van der Waals surface area contributed by atoms with Crippen LogP contribution in [0.5, 0.6) is 0 Å². The normalized spacial score (nSPS) is 11.8. The third kappa shape index (κ3) is 2.65. The van der Waals surface area contributed by atoms with E-state index < -0.39 is 17.0 Å². The molecule has 0 aliphatic rings. The molecule has 0 heterocycles. The number of carbonyl (C=O) groups is 1. The third-order valence-corrected chi connectivity index (χ3v) is 2.86. The summed E-state index contributed by atoms with van der Waals surface area (Å²) in [7, 11) is 0. The monoisotopic (exact) mass is 272 g/mol. The van der Waals surface area contributed by atoms with E-state index in [1.807, 2.05) is 0 Å². The molecule has 0 aromatic heterocycles. The fraction of sp³-hybridized carbons (Fsp3) is 0.0714. The van der Waals surface area contributed by atoms with Gasteiger partial charge in [-0.1, -0.05) is 36.4 Å². The minimum atomic E-state index is -1.71. The van der Waals surface area contributed by atoms with Crippen molar-refractivity contribution in [3.8, 4) is 11.1 Å². The third-order valence-electron chi connectivity index (χ3n) is 2.86. The highest BCUT2D eigenvalue weighted by Crippen LogP contribution is 2.30. The molecular formula is C14H10NO5-. The van der Waals surface area contributed by atoms with E-state index in [1.54, 1.807) is 18.2 Å². The zero-order valence-corrected chi connectivity index (χ0v) is 10.2. The van der Waals surface area contributed by atoms with Crippen LogP contribution in [0.3, 0.4) is 0 Å². The SMILES string of the molecule is O=C([O-])C(O)c1ccc(-c2ccccc2[N+](=O)[O-])cc1. The van der Waals surface area contributed by atoms with Gasteiger partial charge >= 0.3 is 0 Å². The molecule has 2 aromatic rings. The van der Waals surface area contributed by atoms with Crippen molar-refractivity contribution in [2.45, 2.75) is 6.10 Å². The number of nitro benzene ring substituents is 1. The molecule has 0 spiro atoms. The Bertz CT molecular complexity index is 651. The predicted molar refractivity (Wildman–Crippen MR) is 68.5 cm³/mol. The largest absolute Gasteiger partial charge is 0.547 e. The first kappa shape index (κ1) is 13.7. The summed E-state index contributed by atoms with van der Waals surface area (Å²) in [6.45, 7) is 0. The van der Waals surface area contributed by atoms with Crippen LogP contribution in [0.4, 0.5) is 5.69 Å². The fourth-order valence-corrected chi connectivity index (χ4v) is 1.86. The van der Waals surface area contributed by atoms with Gasteiger partial charge in [-0.2, -0.15) is 0 Å². The maximum atomic E-state index is 10.9. The smallest absolute Gasteiger partial charge is 0.277 e. The summed E-state index contributed by atoms with van der Waals surface area (Å²) >= 11 is 0. The van der Waals surface area contributed by atoms with E-state index in [4.69, 9.17) is 0 Å². The van der Waals surface area contributed by atoms with Crippen molar-refractivity contribution >= 4 is 11.7 Å². The Hall–Kier alpha value is -2.73. The highest BCUT2D eigenvalue weighted by molar-refractivity contribution is 5.75. The molecular weight excluding hydrogens is 262 g/mol. The molecule has 1 atom stereocenters. The van der Waals surface area contributed by atoms with E-state index in [9.17, 15) is 25.1 Å². The van der Waals surface area contributed by atoms with Gasteiger partial charge in [-0.15, -0.1) is 0 Å². The zero-order valence-electron chi connectivity index (χ0n) is 10.2. The van der Waals surface area contributed by atoms with Crippen LogP contribution < -0.4 is 5.11 Å². The summed E-state index contributed by atoms with van der Waals surface area (Å²) in [5.74, 6) is -1.59. The summed E-state index contributed by atoms with van der Waals surface area (Å²) < 4.78 is 0. The number of benzene rings is 2. The summed E-state index contributed by atoms with van der Waals surface area (Å²) in [5.41, 5.74) is 1.10. The molecule has 6 heteroatoms. The molecule has 20 heavy (non-hydrogen) atoms. The second kappa shape index (κ2) is 5.50. The number of carboxylic acids is 1. The van der Waals surface area contributed by atoms with Gasteiger partial charge in [0, 0.05) is 6.07 Å². The van der Waals surface area contributed by atoms with Crippen molar-refractivity contribution in [2.75, 3.05) is 0 Å². The minimum absolute atomic E-state index is 0.0410. The Labute approximate surface area is 114 Å². The number of nitro groups is 1. The molecule has 1 unspecified atom stereocenters. The van der Waals surface area contributed by atoms with E-state index >= 15 is 0 Å². The molecule has 0 saturated carbocycles. The lowest BCUT2D eigenvalue weighted by molar-refractivity contribution is -0.384. The Morgan fingerprint density at radius 1 is 1.10 bits per heavy atom. The van der Waals surface area contributed by atoms with Crippen LogP contribution in [-0.2, 0) is 4.79 Å². The first-order valence-electron chi connectivity index (χ1n) is 5.73. The van der Waals surface area contributed by atoms with Gasteiger partial charge in [0.25, 0.3) is 5.69 Å². The number of aliphatic hydroxyl groups is 1. The van der Waals surface area contributed by atoms with Crippen molar-refractivity contribution in [1.29, 1.82) is 0 Å². The van der Waals surface area contributed by atoms with Crippen LogP contribution in [0.2, 0.25) is 0 Å². The van der Waals surface area contributed by atoms with Crippen molar-refractivity contribution in [2.24, 2.45) is 0 Å². The van der Waals surface area contributed by atoms with Crippen molar-refractivity contribution in [1.82, 2.24) is 0 Å². The molecule has 0 aliphatic heterocycles. The average Bonchev–Trinajstić information content (AvgIpc) is 2.46. The average molecular weight is 272 g/mol. The molecule has 0 bridgehead atoms. The first-order valence-corrected chi connectivity index (χ1v) is 5.73. The van der Waals surface area contributed by atoms with Crippen LogP contribution in [0.25, 0.3) is 11.1 Å². The van der Waals surface area contributed by atoms with Crippen molar-refractivity contribution in [3.63, 3.8) is 0 Å². The van der Waals surface area contributed by atoms with E-state index in [2.05, 4.69) is 0 Å². The molecule has 1 N–H and O–H groups in total. The summed E-state index contributed by atoms with van der Waals surface area (Å²) in [4.78, 5) is 21.0. The number of aliphatic hydroxyl groups excluding tert-OH is 1. The van der Waals surface area contributed by atoms with Crippen LogP contribution in [0.15, 0.2) is 48.5 Å². The van der Waals surface area contributed by atoms with Gasteiger partial charge in [-0.3, -0.25) is 10.1 Å². The molecule has 0 radical (unpaired) electrons. The fourth-order valence-electron chi connectivity index (χ4n) is 1.86. The molecule has 2 rings (SSSR count). The summed E-state index contributed by atoms with van der Waals surface area (Å²) in [6, 6.07) is 12.1. The number of aliphatic carboxylic acids is 1. The van der Waals surface area contributed by atoms with E-state index in [0.29, 0.717) is 11.1 Å².